The van der Waals surface area contributed by atoms with Gasteiger partial charge in [0.05, 0.1) is 0 Å². The van der Waals surface area contributed by atoms with Gasteiger partial charge in [-0.25, -0.2) is 0 Å². The highest BCUT2D eigenvalue weighted by Gasteiger charge is 2.08. The molecule has 2 aromatic rings. The molecule has 2 atom stereocenters. The molecule has 2 rings (SSSR count). The second-order valence-corrected chi connectivity index (χ2v) is 6.85. The molecule has 0 N–H and O–H groups in total. The number of hydrogen-bond acceptors (Lipinski definition) is 1. The van der Waals surface area contributed by atoms with Gasteiger partial charge in [0.2, 0.25) is 0 Å². The quantitative estimate of drug-likeness (QED) is 0.476. The fourth-order valence-corrected chi connectivity index (χ4v) is 3.06. The van der Waals surface area contributed by atoms with Gasteiger partial charge in [0.1, 0.15) is 0 Å². The third-order valence-electron chi connectivity index (χ3n) is 4.24. The predicted octanol–water partition coefficient (Wildman–Crippen LogP) is 8.36. The first-order valence-corrected chi connectivity index (χ1v) is 10.2. The third kappa shape index (κ3) is 9.07. The number of methoxy groups -OCH3 is 1. The van der Waals surface area contributed by atoms with Crippen LogP contribution in [0, 0.1) is 0 Å². The van der Waals surface area contributed by atoms with Crippen molar-refractivity contribution in [3.8, 4) is 0 Å². The Labute approximate surface area is 170 Å². The van der Waals surface area contributed by atoms with E-state index in [4.69, 9.17) is 27.9 Å². The highest BCUT2D eigenvalue weighted by molar-refractivity contribution is 6.31. The van der Waals surface area contributed by atoms with E-state index >= 15 is 0 Å². The van der Waals surface area contributed by atoms with Gasteiger partial charge >= 0.3 is 0 Å². The lowest BCUT2D eigenvalue weighted by Crippen LogP contribution is -1.99. The second-order valence-electron chi connectivity index (χ2n) is 6.03. The van der Waals surface area contributed by atoms with Crippen molar-refractivity contribution in [1.82, 2.24) is 0 Å². The van der Waals surface area contributed by atoms with E-state index < -0.39 is 0 Å². The molecule has 2 unspecified atom stereocenters. The smallest absolute Gasteiger partial charge is 0.0468 e. The summed E-state index contributed by atoms with van der Waals surface area (Å²) < 4.78 is 5.03. The van der Waals surface area contributed by atoms with E-state index in [0.29, 0.717) is 11.8 Å². The second kappa shape index (κ2) is 15.1. The van der Waals surface area contributed by atoms with Crippen LogP contribution in [-0.4, -0.2) is 13.7 Å². The minimum atomic E-state index is 0.466. The Balaban J connectivity index is 0.000000444. The molecule has 3 heteroatoms. The van der Waals surface area contributed by atoms with E-state index in [9.17, 15) is 0 Å². The molecule has 0 aromatic heterocycles. The van der Waals surface area contributed by atoms with Crippen molar-refractivity contribution in [2.24, 2.45) is 0 Å². The van der Waals surface area contributed by atoms with Gasteiger partial charge < -0.3 is 4.74 Å². The number of benzene rings is 2. The van der Waals surface area contributed by atoms with Crippen LogP contribution >= 0.6 is 23.2 Å². The van der Waals surface area contributed by atoms with Crippen LogP contribution < -0.4 is 0 Å². The maximum Gasteiger partial charge on any atom is 0.0468 e. The molecule has 0 saturated carbocycles. The molecule has 0 aliphatic rings. The summed E-state index contributed by atoms with van der Waals surface area (Å²) in [4.78, 5) is 0. The molecule has 26 heavy (non-hydrogen) atoms. The summed E-state index contributed by atoms with van der Waals surface area (Å²) >= 11 is 12.1. The average Bonchev–Trinajstić information content (AvgIpc) is 2.68. The van der Waals surface area contributed by atoms with E-state index in [0.717, 1.165) is 29.5 Å². The van der Waals surface area contributed by atoms with Crippen LogP contribution in [0.3, 0.4) is 0 Å². The van der Waals surface area contributed by atoms with Gasteiger partial charge in [-0.3, -0.25) is 0 Å². The molecular weight excluding hydrogens is 363 g/mol. The van der Waals surface area contributed by atoms with Gasteiger partial charge in [-0.2, -0.15) is 0 Å². The summed E-state index contributed by atoms with van der Waals surface area (Å²) in [7, 11) is 1.72. The topological polar surface area (TPSA) is 9.23 Å². The van der Waals surface area contributed by atoms with E-state index in [1.807, 2.05) is 50.2 Å². The molecule has 0 heterocycles. The molecule has 0 fully saturated rings. The first-order chi connectivity index (χ1) is 12.5. The van der Waals surface area contributed by atoms with Crippen molar-refractivity contribution in [2.75, 3.05) is 13.7 Å². The molecule has 0 amide bonds. The fourth-order valence-electron chi connectivity index (χ4n) is 2.42. The zero-order valence-corrected chi connectivity index (χ0v) is 18.6. The largest absolute Gasteiger partial charge is 0.385 e. The van der Waals surface area contributed by atoms with Crippen molar-refractivity contribution in [2.45, 2.75) is 59.3 Å². The monoisotopic (exact) mass is 396 g/mol. The summed E-state index contributed by atoms with van der Waals surface area (Å²) in [6.07, 6.45) is 2.16. The first kappa shape index (κ1) is 25.0. The zero-order valence-electron chi connectivity index (χ0n) is 17.1. The number of rotatable bonds is 6. The minimum Gasteiger partial charge on any atom is -0.385 e. The predicted molar refractivity (Wildman–Crippen MR) is 118 cm³/mol. The van der Waals surface area contributed by atoms with Crippen molar-refractivity contribution >= 4 is 23.2 Å². The Morgan fingerprint density at radius 3 is 1.62 bits per heavy atom. The highest BCUT2D eigenvalue weighted by atomic mass is 35.5. The van der Waals surface area contributed by atoms with E-state index in [-0.39, 0.29) is 0 Å². The Kier molecular flexibility index (Phi) is 14.5. The van der Waals surface area contributed by atoms with Gasteiger partial charge in [-0.15, -0.1) is 0 Å². The summed E-state index contributed by atoms with van der Waals surface area (Å²) in [5.74, 6) is 1.04. The van der Waals surface area contributed by atoms with Gasteiger partial charge in [-0.1, -0.05) is 94.2 Å². The number of hydrogen-bond donors (Lipinski definition) is 0. The number of halogens is 2. The molecule has 0 bridgehead atoms. The number of ether oxygens (including phenoxy) is 1. The van der Waals surface area contributed by atoms with Gasteiger partial charge in [0.25, 0.3) is 0 Å². The summed E-state index contributed by atoms with van der Waals surface area (Å²) in [6.45, 7) is 11.3. The molecular formula is C23H34Cl2O. The highest BCUT2D eigenvalue weighted by Crippen LogP contribution is 2.26. The fraction of sp³-hybridized carbons (Fsp3) is 0.478. The van der Waals surface area contributed by atoms with Crippen LogP contribution in [0.25, 0.3) is 0 Å². The zero-order chi connectivity index (χ0) is 19.9. The maximum absolute atomic E-state index is 6.06. The Hall–Kier alpha value is -1.02. The molecule has 1 nitrogen and oxygen atoms in total. The molecule has 2 aromatic carbocycles. The first-order valence-electron chi connectivity index (χ1n) is 9.49. The van der Waals surface area contributed by atoms with Crippen LogP contribution in [0.5, 0.6) is 0 Å². The Bertz CT molecular complexity index is 598. The van der Waals surface area contributed by atoms with Gasteiger partial charge in [0.15, 0.2) is 0 Å². The Morgan fingerprint density at radius 2 is 1.23 bits per heavy atom. The Morgan fingerprint density at radius 1 is 0.808 bits per heavy atom. The van der Waals surface area contributed by atoms with Gasteiger partial charge in [-0.05, 0) is 47.9 Å². The molecule has 0 radical (unpaired) electrons. The SMILES string of the molecule is CC.CCC(C)c1ccccc1Cl.COCCC(C)c1ccccc1Cl. The molecule has 0 aliphatic carbocycles. The minimum absolute atomic E-state index is 0.466. The van der Waals surface area contributed by atoms with E-state index in [1.54, 1.807) is 7.11 Å². The van der Waals surface area contributed by atoms with E-state index in [1.165, 1.54) is 11.1 Å². The van der Waals surface area contributed by atoms with Gasteiger partial charge in [0, 0.05) is 23.8 Å². The van der Waals surface area contributed by atoms with Crippen molar-refractivity contribution in [3.63, 3.8) is 0 Å². The third-order valence-corrected chi connectivity index (χ3v) is 4.93. The average molecular weight is 397 g/mol. The standard InChI is InChI=1S/C11H15ClO.C10H13Cl.C2H6/c1-9(7-8-13-2)10-5-3-4-6-11(10)12;1-3-8(2)9-6-4-5-7-10(9)11;1-2/h3-6,9H,7-8H2,1-2H3;4-8H,3H2,1-2H3;1-2H3. The lowest BCUT2D eigenvalue weighted by Gasteiger charge is -2.12. The van der Waals surface area contributed by atoms with Crippen LogP contribution in [0.4, 0.5) is 0 Å². The lowest BCUT2D eigenvalue weighted by atomic mass is 9.98. The van der Waals surface area contributed by atoms with Crippen LogP contribution in [0.15, 0.2) is 48.5 Å². The van der Waals surface area contributed by atoms with E-state index in [2.05, 4.69) is 32.9 Å². The molecule has 0 saturated heterocycles. The molecule has 146 valence electrons. The maximum atomic E-state index is 6.06. The summed E-state index contributed by atoms with van der Waals surface area (Å²) in [5, 5.41) is 1.74. The van der Waals surface area contributed by atoms with Crippen LogP contribution in [-0.2, 0) is 4.74 Å². The lowest BCUT2D eigenvalue weighted by molar-refractivity contribution is 0.189. The van der Waals surface area contributed by atoms with Crippen molar-refractivity contribution in [1.29, 1.82) is 0 Å². The van der Waals surface area contributed by atoms with Crippen LogP contribution in [0.2, 0.25) is 10.0 Å². The summed E-state index contributed by atoms with van der Waals surface area (Å²) in [5.41, 5.74) is 2.47. The summed E-state index contributed by atoms with van der Waals surface area (Å²) in [6, 6.07) is 16.0. The van der Waals surface area contributed by atoms with Crippen molar-refractivity contribution < 1.29 is 4.74 Å². The van der Waals surface area contributed by atoms with Crippen molar-refractivity contribution in [3.05, 3.63) is 69.7 Å². The molecule has 0 spiro atoms. The molecule has 0 aliphatic heterocycles. The van der Waals surface area contributed by atoms with Crippen LogP contribution in [0.1, 0.15) is 70.4 Å². The normalized spacial score (nSPS) is 12.2.